The molecular weight excluding hydrogens is 434 g/mol. The van der Waals surface area contributed by atoms with E-state index in [2.05, 4.69) is 9.80 Å². The second kappa shape index (κ2) is 11.0. The molecule has 0 unspecified atom stereocenters. The van der Waals surface area contributed by atoms with Crippen LogP contribution in [-0.2, 0) is 4.79 Å². The maximum absolute atomic E-state index is 13.2. The monoisotopic (exact) mass is 467 g/mol. The number of hydrogen-bond donors (Lipinski definition) is 2. The van der Waals surface area contributed by atoms with Crippen molar-refractivity contribution in [3.05, 3.63) is 41.5 Å². The molecule has 1 fully saturated rings. The number of aliphatic hydroxyl groups excluding tert-OH is 1. The zero-order chi connectivity index (χ0) is 24.1. The van der Waals surface area contributed by atoms with Crippen molar-refractivity contribution < 1.29 is 24.6 Å². The predicted molar refractivity (Wildman–Crippen MR) is 130 cm³/mol. The van der Waals surface area contributed by atoms with Crippen LogP contribution in [0.2, 0.25) is 0 Å². The third-order valence-electron chi connectivity index (χ3n) is 6.84. The minimum absolute atomic E-state index is 0.117. The van der Waals surface area contributed by atoms with Gasteiger partial charge in [-0.1, -0.05) is 12.1 Å². The van der Waals surface area contributed by atoms with Gasteiger partial charge in [0.25, 0.3) is 11.8 Å². The van der Waals surface area contributed by atoms with Crippen LogP contribution in [-0.4, -0.2) is 83.7 Å². The standard InChI is InChI=1S/C26H33N3O5/c30-18-5-1-3-13-29-25(33)20-8-6-7-19-22(11-10-21(24(19)20)26(29)34)28-16-14-27(15-17-28)12-4-2-9-23(31)32/h6-8,10-11,30H,1-5,9,12-18H2,(H,31,32). The Morgan fingerprint density at radius 2 is 1.53 bits per heavy atom. The number of carbonyl (C=O) groups is 3. The van der Waals surface area contributed by atoms with E-state index in [1.807, 2.05) is 24.3 Å². The Hall–Kier alpha value is -2.97. The molecule has 8 heteroatoms. The number of benzene rings is 2. The average Bonchev–Trinajstić information content (AvgIpc) is 2.84. The molecule has 0 bridgehead atoms. The highest BCUT2D eigenvalue weighted by Crippen LogP contribution is 2.36. The van der Waals surface area contributed by atoms with Crippen LogP contribution in [0.25, 0.3) is 10.8 Å². The van der Waals surface area contributed by atoms with Crippen molar-refractivity contribution in [2.24, 2.45) is 0 Å². The molecule has 2 N–H and O–H groups in total. The number of carboxylic acids is 1. The van der Waals surface area contributed by atoms with Gasteiger partial charge in [0.1, 0.15) is 0 Å². The van der Waals surface area contributed by atoms with Gasteiger partial charge >= 0.3 is 5.97 Å². The van der Waals surface area contributed by atoms with E-state index in [0.717, 1.165) is 62.0 Å². The van der Waals surface area contributed by atoms with E-state index in [-0.39, 0.29) is 24.8 Å². The van der Waals surface area contributed by atoms with Gasteiger partial charge in [0, 0.05) is 73.3 Å². The number of amides is 2. The summed E-state index contributed by atoms with van der Waals surface area (Å²) < 4.78 is 0. The number of carboxylic acid groups (broad SMARTS) is 1. The van der Waals surface area contributed by atoms with Gasteiger partial charge in [0.15, 0.2) is 0 Å². The van der Waals surface area contributed by atoms with E-state index in [1.165, 1.54) is 4.90 Å². The summed E-state index contributed by atoms with van der Waals surface area (Å²) >= 11 is 0. The van der Waals surface area contributed by atoms with Crippen LogP contribution in [0.1, 0.15) is 59.2 Å². The maximum Gasteiger partial charge on any atom is 0.303 e. The second-order valence-corrected chi connectivity index (χ2v) is 9.09. The first-order valence-corrected chi connectivity index (χ1v) is 12.2. The molecule has 2 aromatic carbocycles. The lowest BCUT2D eigenvalue weighted by Crippen LogP contribution is -2.47. The molecule has 0 aromatic heterocycles. The number of piperazine rings is 1. The Bertz CT molecular complexity index is 1040. The van der Waals surface area contributed by atoms with E-state index < -0.39 is 5.97 Å². The van der Waals surface area contributed by atoms with E-state index in [0.29, 0.717) is 36.9 Å². The van der Waals surface area contributed by atoms with Gasteiger partial charge in [0.2, 0.25) is 0 Å². The molecule has 8 nitrogen and oxygen atoms in total. The summed E-state index contributed by atoms with van der Waals surface area (Å²) in [5, 5.41) is 19.5. The Morgan fingerprint density at radius 1 is 0.824 bits per heavy atom. The number of anilines is 1. The summed E-state index contributed by atoms with van der Waals surface area (Å²) in [4.78, 5) is 43.1. The van der Waals surface area contributed by atoms with Crippen LogP contribution in [0.3, 0.4) is 0 Å². The molecule has 2 aliphatic heterocycles. The van der Waals surface area contributed by atoms with Crippen LogP contribution >= 0.6 is 0 Å². The number of imide groups is 1. The molecule has 2 amide bonds. The number of aliphatic hydroxyl groups is 1. The van der Waals surface area contributed by atoms with Crippen molar-refractivity contribution >= 4 is 34.2 Å². The first kappa shape index (κ1) is 24.2. The Labute approximate surface area is 199 Å². The van der Waals surface area contributed by atoms with Gasteiger partial charge in [-0.25, -0.2) is 0 Å². The van der Waals surface area contributed by atoms with Gasteiger partial charge < -0.3 is 15.1 Å². The van der Waals surface area contributed by atoms with Crippen LogP contribution in [0, 0.1) is 0 Å². The van der Waals surface area contributed by atoms with Crippen molar-refractivity contribution in [3.8, 4) is 0 Å². The summed E-state index contributed by atoms with van der Waals surface area (Å²) in [6, 6.07) is 9.55. The van der Waals surface area contributed by atoms with Gasteiger partial charge in [-0.05, 0) is 56.8 Å². The molecule has 1 saturated heterocycles. The summed E-state index contributed by atoms with van der Waals surface area (Å²) in [6.07, 6.45) is 3.93. The highest BCUT2D eigenvalue weighted by atomic mass is 16.4. The van der Waals surface area contributed by atoms with Crippen LogP contribution in [0.5, 0.6) is 0 Å². The first-order chi connectivity index (χ1) is 16.5. The topological polar surface area (TPSA) is 101 Å². The molecule has 182 valence electrons. The van der Waals surface area contributed by atoms with Crippen LogP contribution in [0.4, 0.5) is 5.69 Å². The molecule has 0 atom stereocenters. The molecule has 34 heavy (non-hydrogen) atoms. The second-order valence-electron chi connectivity index (χ2n) is 9.09. The summed E-state index contributed by atoms with van der Waals surface area (Å²) in [5.74, 6) is -1.22. The van der Waals surface area contributed by atoms with Crippen molar-refractivity contribution in [1.29, 1.82) is 0 Å². The fourth-order valence-corrected chi connectivity index (χ4v) is 4.99. The summed E-state index contributed by atoms with van der Waals surface area (Å²) in [5.41, 5.74) is 2.20. The molecule has 2 heterocycles. The maximum atomic E-state index is 13.2. The summed E-state index contributed by atoms with van der Waals surface area (Å²) in [6.45, 7) is 4.87. The van der Waals surface area contributed by atoms with E-state index in [4.69, 9.17) is 10.2 Å². The van der Waals surface area contributed by atoms with Crippen molar-refractivity contribution in [2.45, 2.75) is 38.5 Å². The normalized spacial score (nSPS) is 16.5. The zero-order valence-corrected chi connectivity index (χ0v) is 19.5. The molecule has 2 aromatic rings. The lowest BCUT2D eigenvalue weighted by molar-refractivity contribution is -0.137. The Morgan fingerprint density at radius 3 is 2.24 bits per heavy atom. The van der Waals surface area contributed by atoms with Crippen molar-refractivity contribution in [2.75, 3.05) is 50.8 Å². The van der Waals surface area contributed by atoms with Crippen molar-refractivity contribution in [1.82, 2.24) is 9.80 Å². The minimum Gasteiger partial charge on any atom is -0.481 e. The number of carbonyl (C=O) groups excluding carboxylic acids is 2. The molecule has 0 spiro atoms. The van der Waals surface area contributed by atoms with Gasteiger partial charge in [-0.3, -0.25) is 24.2 Å². The summed E-state index contributed by atoms with van der Waals surface area (Å²) in [7, 11) is 0. The van der Waals surface area contributed by atoms with Gasteiger partial charge in [0.05, 0.1) is 0 Å². The highest BCUT2D eigenvalue weighted by molar-refractivity contribution is 6.26. The highest BCUT2D eigenvalue weighted by Gasteiger charge is 2.33. The number of aliphatic carboxylic acids is 1. The van der Waals surface area contributed by atoms with E-state index >= 15 is 0 Å². The smallest absolute Gasteiger partial charge is 0.303 e. The molecule has 4 rings (SSSR count). The lowest BCUT2D eigenvalue weighted by Gasteiger charge is -2.37. The van der Waals surface area contributed by atoms with Crippen LogP contribution < -0.4 is 4.90 Å². The average molecular weight is 468 g/mol. The fourth-order valence-electron chi connectivity index (χ4n) is 4.99. The number of unbranched alkanes of at least 4 members (excludes halogenated alkanes) is 3. The van der Waals surface area contributed by atoms with E-state index in [1.54, 1.807) is 6.07 Å². The SMILES string of the molecule is O=C(O)CCCCN1CCN(c2ccc3c4c(cccc24)C(=O)N(CCCCCO)C3=O)CC1. The lowest BCUT2D eigenvalue weighted by atomic mass is 9.92. The first-order valence-electron chi connectivity index (χ1n) is 12.2. The zero-order valence-electron chi connectivity index (χ0n) is 19.5. The van der Waals surface area contributed by atoms with Gasteiger partial charge in [-0.15, -0.1) is 0 Å². The molecule has 0 aliphatic carbocycles. The minimum atomic E-state index is -0.741. The van der Waals surface area contributed by atoms with Crippen LogP contribution in [0.15, 0.2) is 30.3 Å². The Balaban J connectivity index is 1.48. The van der Waals surface area contributed by atoms with E-state index in [9.17, 15) is 14.4 Å². The quantitative estimate of drug-likeness (QED) is 0.387. The van der Waals surface area contributed by atoms with Gasteiger partial charge in [-0.2, -0.15) is 0 Å². The predicted octanol–water partition coefficient (Wildman–Crippen LogP) is 2.98. The number of rotatable bonds is 11. The Kier molecular flexibility index (Phi) is 7.80. The van der Waals surface area contributed by atoms with Crippen molar-refractivity contribution in [3.63, 3.8) is 0 Å². The molecule has 2 aliphatic rings. The molecular formula is C26H33N3O5. The fraction of sp³-hybridized carbons (Fsp3) is 0.500. The number of nitrogens with zero attached hydrogens (tertiary/aromatic N) is 3. The molecule has 0 saturated carbocycles. The largest absolute Gasteiger partial charge is 0.481 e. The third kappa shape index (κ3) is 5.08. The molecule has 0 radical (unpaired) electrons. The number of hydrogen-bond acceptors (Lipinski definition) is 6. The third-order valence-corrected chi connectivity index (χ3v) is 6.84.